The number of hydrogen-bond acceptors (Lipinski definition) is 4. The lowest BCUT2D eigenvalue weighted by atomic mass is 10.1. The van der Waals surface area contributed by atoms with Gasteiger partial charge in [0.25, 0.3) is 5.91 Å². The van der Waals surface area contributed by atoms with E-state index in [0.717, 1.165) is 12.8 Å². The number of nitrogens with zero attached hydrogens (tertiary/aromatic N) is 4. The second-order valence-electron chi connectivity index (χ2n) is 6.00. The molecule has 0 bridgehead atoms. The smallest absolute Gasteiger partial charge is 0.272 e. The Kier molecular flexibility index (Phi) is 4.32. The Bertz CT molecular complexity index is 823. The SMILES string of the molecule is Cn1nc(-c2ccc(C#N)c(F)c2)cc1C(=O)N1CCC[C@@H](N)C1. The van der Waals surface area contributed by atoms with E-state index in [1.54, 1.807) is 30.1 Å². The molecule has 24 heavy (non-hydrogen) atoms. The van der Waals surface area contributed by atoms with Gasteiger partial charge in [-0.1, -0.05) is 6.07 Å². The Hall–Kier alpha value is -2.72. The van der Waals surface area contributed by atoms with Gasteiger partial charge < -0.3 is 10.6 Å². The van der Waals surface area contributed by atoms with E-state index in [1.165, 1.54) is 16.8 Å². The average Bonchev–Trinajstić information content (AvgIpc) is 2.96. The molecule has 124 valence electrons. The second-order valence-corrected chi connectivity index (χ2v) is 6.00. The first kappa shape index (κ1) is 16.1. The van der Waals surface area contributed by atoms with Crippen molar-refractivity contribution in [1.82, 2.24) is 14.7 Å². The minimum atomic E-state index is -0.601. The third kappa shape index (κ3) is 3.01. The van der Waals surface area contributed by atoms with E-state index in [-0.39, 0.29) is 17.5 Å². The zero-order valence-corrected chi connectivity index (χ0v) is 13.4. The van der Waals surface area contributed by atoms with Crippen molar-refractivity contribution in [2.75, 3.05) is 13.1 Å². The Balaban J connectivity index is 1.89. The number of rotatable bonds is 2. The topological polar surface area (TPSA) is 87.9 Å². The van der Waals surface area contributed by atoms with Crippen molar-refractivity contribution >= 4 is 5.91 Å². The Morgan fingerprint density at radius 1 is 1.46 bits per heavy atom. The van der Waals surface area contributed by atoms with Crippen LogP contribution in [0.15, 0.2) is 24.3 Å². The van der Waals surface area contributed by atoms with Crippen molar-refractivity contribution in [2.24, 2.45) is 12.8 Å². The van der Waals surface area contributed by atoms with Gasteiger partial charge in [-0.25, -0.2) is 4.39 Å². The van der Waals surface area contributed by atoms with Gasteiger partial charge in [-0.3, -0.25) is 9.48 Å². The maximum Gasteiger partial charge on any atom is 0.272 e. The van der Waals surface area contributed by atoms with Gasteiger partial charge >= 0.3 is 0 Å². The lowest BCUT2D eigenvalue weighted by molar-refractivity contribution is 0.0697. The minimum Gasteiger partial charge on any atom is -0.336 e. The molecule has 1 fully saturated rings. The zero-order chi connectivity index (χ0) is 17.3. The molecule has 1 aliphatic rings. The van der Waals surface area contributed by atoms with E-state index in [0.29, 0.717) is 30.0 Å². The number of benzene rings is 1. The van der Waals surface area contributed by atoms with Gasteiger partial charge in [0.05, 0.1) is 11.3 Å². The van der Waals surface area contributed by atoms with Crippen LogP contribution in [0.2, 0.25) is 0 Å². The van der Waals surface area contributed by atoms with Gasteiger partial charge in [-0.05, 0) is 31.0 Å². The molecule has 0 spiro atoms. The molecular weight excluding hydrogens is 309 g/mol. The fourth-order valence-electron chi connectivity index (χ4n) is 2.93. The van der Waals surface area contributed by atoms with E-state index in [4.69, 9.17) is 11.0 Å². The van der Waals surface area contributed by atoms with E-state index in [9.17, 15) is 9.18 Å². The lowest BCUT2D eigenvalue weighted by Gasteiger charge is -2.30. The number of aryl methyl sites for hydroxylation is 1. The van der Waals surface area contributed by atoms with E-state index in [2.05, 4.69) is 5.10 Å². The second kappa shape index (κ2) is 6.42. The van der Waals surface area contributed by atoms with Crippen LogP contribution in [0.25, 0.3) is 11.3 Å². The van der Waals surface area contributed by atoms with Crippen LogP contribution >= 0.6 is 0 Å². The van der Waals surface area contributed by atoms with E-state index in [1.807, 2.05) is 0 Å². The number of nitrogens with two attached hydrogens (primary N) is 1. The number of hydrogen-bond donors (Lipinski definition) is 1. The molecule has 2 N–H and O–H groups in total. The largest absolute Gasteiger partial charge is 0.336 e. The molecule has 1 aliphatic heterocycles. The van der Waals surface area contributed by atoms with Gasteiger partial charge in [0.2, 0.25) is 0 Å². The van der Waals surface area contributed by atoms with Gasteiger partial charge in [0, 0.05) is 31.7 Å². The van der Waals surface area contributed by atoms with Gasteiger partial charge in [0.1, 0.15) is 17.6 Å². The van der Waals surface area contributed by atoms with Gasteiger partial charge in [-0.2, -0.15) is 10.4 Å². The average molecular weight is 327 g/mol. The summed E-state index contributed by atoms with van der Waals surface area (Å²) in [5.41, 5.74) is 7.36. The highest BCUT2D eigenvalue weighted by Gasteiger charge is 2.25. The highest BCUT2D eigenvalue weighted by Crippen LogP contribution is 2.22. The Morgan fingerprint density at radius 2 is 2.25 bits per heavy atom. The molecule has 0 radical (unpaired) electrons. The summed E-state index contributed by atoms with van der Waals surface area (Å²) < 4.78 is 15.3. The summed E-state index contributed by atoms with van der Waals surface area (Å²) in [6.45, 7) is 1.21. The fourth-order valence-corrected chi connectivity index (χ4v) is 2.93. The van der Waals surface area contributed by atoms with Crippen molar-refractivity contribution in [3.05, 3.63) is 41.3 Å². The Morgan fingerprint density at radius 3 is 2.92 bits per heavy atom. The van der Waals surface area contributed by atoms with Gasteiger partial charge in [0.15, 0.2) is 0 Å². The third-order valence-corrected chi connectivity index (χ3v) is 4.23. The molecule has 2 aromatic rings. The summed E-state index contributed by atoms with van der Waals surface area (Å²) >= 11 is 0. The minimum absolute atomic E-state index is 0.00280. The molecule has 2 heterocycles. The van der Waals surface area contributed by atoms with Crippen molar-refractivity contribution < 1.29 is 9.18 Å². The molecule has 0 saturated carbocycles. The predicted octanol–water partition coefficient (Wildman–Crippen LogP) is 1.66. The summed E-state index contributed by atoms with van der Waals surface area (Å²) in [6, 6.07) is 7.71. The number of carbonyl (C=O) groups is 1. The molecule has 1 amide bonds. The molecule has 3 rings (SSSR count). The molecule has 0 aliphatic carbocycles. The first-order valence-corrected chi connectivity index (χ1v) is 7.78. The summed E-state index contributed by atoms with van der Waals surface area (Å²) in [4.78, 5) is 14.4. The number of carbonyl (C=O) groups excluding carboxylic acids is 1. The summed E-state index contributed by atoms with van der Waals surface area (Å²) in [7, 11) is 1.68. The number of likely N-dealkylation sites (tertiary alicyclic amines) is 1. The van der Waals surface area contributed by atoms with Crippen molar-refractivity contribution in [3.8, 4) is 17.3 Å². The van der Waals surface area contributed by atoms with Crippen LogP contribution in [0.3, 0.4) is 0 Å². The number of halogens is 1. The van der Waals surface area contributed by atoms with Gasteiger partial charge in [-0.15, -0.1) is 0 Å². The van der Waals surface area contributed by atoms with Crippen LogP contribution in [0.5, 0.6) is 0 Å². The zero-order valence-electron chi connectivity index (χ0n) is 13.4. The summed E-state index contributed by atoms with van der Waals surface area (Å²) in [5, 5.41) is 13.1. The summed E-state index contributed by atoms with van der Waals surface area (Å²) in [6.07, 6.45) is 1.81. The van der Waals surface area contributed by atoms with Crippen LogP contribution in [0, 0.1) is 17.1 Å². The van der Waals surface area contributed by atoms with E-state index >= 15 is 0 Å². The quantitative estimate of drug-likeness (QED) is 0.908. The standard InChI is InChI=1S/C17H18FN5O/c1-22-16(17(24)23-6-2-3-13(20)10-23)8-15(21-22)11-4-5-12(9-19)14(18)7-11/h4-5,7-8,13H,2-3,6,10,20H2,1H3/t13-/m1/s1. The maximum absolute atomic E-state index is 13.8. The lowest BCUT2D eigenvalue weighted by Crippen LogP contribution is -2.46. The number of piperidine rings is 1. The van der Waals surface area contributed by atoms with Crippen molar-refractivity contribution in [3.63, 3.8) is 0 Å². The van der Waals surface area contributed by atoms with Crippen LogP contribution < -0.4 is 5.73 Å². The number of nitriles is 1. The van der Waals surface area contributed by atoms with Crippen molar-refractivity contribution in [2.45, 2.75) is 18.9 Å². The summed E-state index contributed by atoms with van der Waals surface area (Å²) in [5.74, 6) is -0.726. The normalized spacial score (nSPS) is 17.6. The number of aromatic nitrogens is 2. The molecule has 7 heteroatoms. The third-order valence-electron chi connectivity index (χ3n) is 4.23. The highest BCUT2D eigenvalue weighted by molar-refractivity contribution is 5.93. The molecule has 1 aromatic carbocycles. The predicted molar refractivity (Wildman–Crippen MR) is 86.4 cm³/mol. The first-order valence-electron chi connectivity index (χ1n) is 7.78. The molecule has 1 aromatic heterocycles. The molecule has 6 nitrogen and oxygen atoms in total. The molecular formula is C17H18FN5O. The highest BCUT2D eigenvalue weighted by atomic mass is 19.1. The van der Waals surface area contributed by atoms with E-state index < -0.39 is 5.82 Å². The maximum atomic E-state index is 13.8. The monoisotopic (exact) mass is 327 g/mol. The number of amides is 1. The first-order chi connectivity index (χ1) is 11.5. The van der Waals surface area contributed by atoms with Crippen molar-refractivity contribution in [1.29, 1.82) is 5.26 Å². The molecule has 1 atom stereocenters. The van der Waals surface area contributed by atoms with Crippen LogP contribution in [-0.2, 0) is 7.05 Å². The van der Waals surface area contributed by atoms with Crippen LogP contribution in [-0.4, -0.2) is 39.7 Å². The Labute approximate surface area is 139 Å². The fraction of sp³-hybridized carbons (Fsp3) is 0.353. The molecule has 0 unspecified atom stereocenters. The molecule has 1 saturated heterocycles. The van der Waals surface area contributed by atoms with Crippen LogP contribution in [0.4, 0.5) is 4.39 Å². The van der Waals surface area contributed by atoms with Crippen LogP contribution in [0.1, 0.15) is 28.9 Å².